The molecule has 2 aromatic rings. The summed E-state index contributed by atoms with van der Waals surface area (Å²) in [5.41, 5.74) is 0.227. The van der Waals surface area contributed by atoms with Crippen molar-refractivity contribution < 1.29 is 38.7 Å². The SMILES string of the molecule is COC(=O)c1c(O)cc(O)c(Cl)c1CCC(=O)Nc1cc(OC)c(OC)cc1OC. The first kappa shape index (κ1) is 23.0. The summed E-state index contributed by atoms with van der Waals surface area (Å²) in [6, 6.07) is 4.04. The van der Waals surface area contributed by atoms with E-state index in [4.69, 9.17) is 25.8 Å². The molecule has 10 heteroatoms. The van der Waals surface area contributed by atoms with Gasteiger partial charge in [-0.3, -0.25) is 4.79 Å². The molecule has 0 aliphatic rings. The van der Waals surface area contributed by atoms with Crippen molar-refractivity contribution in [1.29, 1.82) is 0 Å². The smallest absolute Gasteiger partial charge is 0.341 e. The number of ether oxygens (including phenoxy) is 4. The third kappa shape index (κ3) is 4.80. The third-order valence-electron chi connectivity index (χ3n) is 4.29. The van der Waals surface area contributed by atoms with Gasteiger partial charge in [0.25, 0.3) is 0 Å². The maximum atomic E-state index is 12.5. The first-order valence-electron chi connectivity index (χ1n) is 8.68. The molecule has 9 nitrogen and oxygen atoms in total. The number of phenols is 2. The molecule has 0 bridgehead atoms. The van der Waals surface area contributed by atoms with Crippen molar-refractivity contribution in [3.05, 3.63) is 34.3 Å². The first-order chi connectivity index (χ1) is 14.3. The second kappa shape index (κ2) is 9.93. The number of nitrogens with one attached hydrogen (secondary N) is 1. The summed E-state index contributed by atoms with van der Waals surface area (Å²) in [4.78, 5) is 24.5. The maximum Gasteiger partial charge on any atom is 0.341 e. The molecule has 0 aromatic heterocycles. The number of esters is 1. The predicted molar refractivity (Wildman–Crippen MR) is 109 cm³/mol. The summed E-state index contributed by atoms with van der Waals surface area (Å²) in [7, 11) is 5.51. The molecule has 0 aliphatic carbocycles. The second-order valence-electron chi connectivity index (χ2n) is 6.03. The molecule has 1 amide bonds. The van der Waals surface area contributed by atoms with Crippen LogP contribution in [-0.2, 0) is 16.0 Å². The highest BCUT2D eigenvalue weighted by Crippen LogP contribution is 2.39. The molecule has 0 aliphatic heterocycles. The van der Waals surface area contributed by atoms with Gasteiger partial charge < -0.3 is 34.5 Å². The van der Waals surface area contributed by atoms with Crippen LogP contribution in [-0.4, -0.2) is 50.5 Å². The first-order valence-corrected chi connectivity index (χ1v) is 9.06. The fourth-order valence-corrected chi connectivity index (χ4v) is 3.07. The summed E-state index contributed by atoms with van der Waals surface area (Å²) in [6.07, 6.45) is -0.170. The lowest BCUT2D eigenvalue weighted by molar-refractivity contribution is -0.116. The summed E-state index contributed by atoms with van der Waals surface area (Å²) in [5, 5.41) is 22.4. The zero-order chi connectivity index (χ0) is 22.4. The van der Waals surface area contributed by atoms with E-state index in [1.807, 2.05) is 0 Å². The monoisotopic (exact) mass is 439 g/mol. The molecule has 30 heavy (non-hydrogen) atoms. The van der Waals surface area contributed by atoms with Crippen LogP contribution in [0.25, 0.3) is 0 Å². The average molecular weight is 440 g/mol. The van der Waals surface area contributed by atoms with Crippen LogP contribution in [0.4, 0.5) is 5.69 Å². The van der Waals surface area contributed by atoms with E-state index in [1.54, 1.807) is 12.1 Å². The molecule has 2 rings (SSSR count). The van der Waals surface area contributed by atoms with Crippen LogP contribution in [0, 0.1) is 0 Å². The number of amides is 1. The number of rotatable bonds is 8. The van der Waals surface area contributed by atoms with E-state index < -0.39 is 23.4 Å². The minimum absolute atomic E-state index is 0.0489. The lowest BCUT2D eigenvalue weighted by Crippen LogP contribution is -2.15. The quantitative estimate of drug-likeness (QED) is 0.536. The number of hydrogen-bond donors (Lipinski definition) is 3. The molecule has 0 saturated carbocycles. The molecule has 3 N–H and O–H groups in total. The van der Waals surface area contributed by atoms with Gasteiger partial charge >= 0.3 is 5.97 Å². The Morgan fingerprint density at radius 3 is 2.10 bits per heavy atom. The minimum atomic E-state index is -0.841. The number of anilines is 1. The topological polar surface area (TPSA) is 124 Å². The Kier molecular flexibility index (Phi) is 7.60. The van der Waals surface area contributed by atoms with Crippen LogP contribution < -0.4 is 19.5 Å². The Hall–Kier alpha value is -3.33. The highest BCUT2D eigenvalue weighted by Gasteiger charge is 2.23. The van der Waals surface area contributed by atoms with Crippen molar-refractivity contribution in [2.75, 3.05) is 33.8 Å². The summed E-state index contributed by atoms with van der Waals surface area (Å²) >= 11 is 6.08. The van der Waals surface area contributed by atoms with Crippen molar-refractivity contribution in [2.24, 2.45) is 0 Å². The largest absolute Gasteiger partial charge is 0.507 e. The van der Waals surface area contributed by atoms with E-state index in [9.17, 15) is 19.8 Å². The molecule has 0 heterocycles. The van der Waals surface area contributed by atoms with Gasteiger partial charge in [-0.2, -0.15) is 0 Å². The van der Waals surface area contributed by atoms with E-state index in [1.165, 1.54) is 21.3 Å². The summed E-state index contributed by atoms with van der Waals surface area (Å²) in [5.74, 6) is -1.02. The van der Waals surface area contributed by atoms with E-state index in [2.05, 4.69) is 10.1 Å². The Labute approximate surface area is 178 Å². The van der Waals surface area contributed by atoms with Crippen LogP contribution in [0.1, 0.15) is 22.3 Å². The van der Waals surface area contributed by atoms with Gasteiger partial charge in [-0.05, 0) is 12.0 Å². The van der Waals surface area contributed by atoms with E-state index in [0.717, 1.165) is 13.2 Å². The molecule has 0 unspecified atom stereocenters. The molecular weight excluding hydrogens is 418 g/mol. The molecule has 0 fully saturated rings. The molecule has 2 aromatic carbocycles. The second-order valence-corrected chi connectivity index (χ2v) is 6.41. The zero-order valence-electron chi connectivity index (χ0n) is 16.9. The van der Waals surface area contributed by atoms with Gasteiger partial charge in [0.2, 0.25) is 5.91 Å². The highest BCUT2D eigenvalue weighted by molar-refractivity contribution is 6.33. The molecule has 0 radical (unpaired) electrons. The zero-order valence-corrected chi connectivity index (χ0v) is 17.6. The van der Waals surface area contributed by atoms with Gasteiger partial charge in [0.1, 0.15) is 22.8 Å². The summed E-state index contributed by atoms with van der Waals surface area (Å²) < 4.78 is 20.3. The number of methoxy groups -OCH3 is 4. The standard InChI is InChI=1S/C20H22ClNO8/c1-27-14-9-16(29-3)15(28-2)7-11(14)22-17(25)6-5-10-18(20(26)30-4)12(23)8-13(24)19(10)21/h7-9,23-24H,5-6H2,1-4H3,(H,22,25). The van der Waals surface area contributed by atoms with Crippen LogP contribution in [0.3, 0.4) is 0 Å². The number of aromatic hydroxyl groups is 2. The molecule has 0 atom stereocenters. The minimum Gasteiger partial charge on any atom is -0.507 e. The van der Waals surface area contributed by atoms with E-state index in [0.29, 0.717) is 22.9 Å². The molecule has 0 spiro atoms. The average Bonchev–Trinajstić information content (AvgIpc) is 2.74. The normalized spacial score (nSPS) is 10.3. The Morgan fingerprint density at radius 1 is 0.933 bits per heavy atom. The predicted octanol–water partition coefficient (Wildman–Crippen LogP) is 3.13. The van der Waals surface area contributed by atoms with Crippen molar-refractivity contribution >= 4 is 29.2 Å². The van der Waals surface area contributed by atoms with Crippen LogP contribution in [0.5, 0.6) is 28.7 Å². The summed E-state index contributed by atoms with van der Waals surface area (Å²) in [6.45, 7) is 0. The Morgan fingerprint density at radius 2 is 1.53 bits per heavy atom. The van der Waals surface area contributed by atoms with Crippen molar-refractivity contribution in [1.82, 2.24) is 0 Å². The van der Waals surface area contributed by atoms with Crippen molar-refractivity contribution in [3.63, 3.8) is 0 Å². The number of carbonyl (C=O) groups is 2. The van der Waals surface area contributed by atoms with E-state index in [-0.39, 0.29) is 29.0 Å². The van der Waals surface area contributed by atoms with Gasteiger partial charge in [-0.25, -0.2) is 4.79 Å². The highest BCUT2D eigenvalue weighted by atomic mass is 35.5. The third-order valence-corrected chi connectivity index (χ3v) is 4.71. The fourth-order valence-electron chi connectivity index (χ4n) is 2.83. The van der Waals surface area contributed by atoms with Crippen molar-refractivity contribution in [2.45, 2.75) is 12.8 Å². The van der Waals surface area contributed by atoms with Crippen LogP contribution in [0.2, 0.25) is 5.02 Å². The van der Waals surface area contributed by atoms with Crippen LogP contribution >= 0.6 is 11.6 Å². The lowest BCUT2D eigenvalue weighted by atomic mass is 10.0. The van der Waals surface area contributed by atoms with Crippen LogP contribution in [0.15, 0.2) is 18.2 Å². The number of phenolic OH excluding ortho intramolecular Hbond substituents is 2. The van der Waals surface area contributed by atoms with Gasteiger partial charge in [-0.15, -0.1) is 0 Å². The van der Waals surface area contributed by atoms with Gasteiger partial charge in [-0.1, -0.05) is 11.6 Å². The number of benzene rings is 2. The molecular formula is C20H22ClNO8. The number of halogens is 1. The van der Waals surface area contributed by atoms with E-state index >= 15 is 0 Å². The van der Waals surface area contributed by atoms with Gasteiger partial charge in [0.15, 0.2) is 11.5 Å². The Bertz CT molecular complexity index is 961. The van der Waals surface area contributed by atoms with Gasteiger partial charge in [0.05, 0.1) is 39.1 Å². The molecule has 162 valence electrons. The van der Waals surface area contributed by atoms with Gasteiger partial charge in [0, 0.05) is 24.6 Å². The Balaban J connectivity index is 2.26. The fraction of sp³-hybridized carbons (Fsp3) is 0.300. The maximum absolute atomic E-state index is 12.5. The number of hydrogen-bond acceptors (Lipinski definition) is 8. The lowest BCUT2D eigenvalue weighted by Gasteiger charge is -2.15. The van der Waals surface area contributed by atoms with Crippen molar-refractivity contribution in [3.8, 4) is 28.7 Å². The number of carbonyl (C=O) groups excluding carboxylic acids is 2. The molecule has 0 saturated heterocycles.